The lowest BCUT2D eigenvalue weighted by Gasteiger charge is -2.28. The summed E-state index contributed by atoms with van der Waals surface area (Å²) in [7, 11) is 1.25. The van der Waals surface area contributed by atoms with Crippen molar-refractivity contribution in [3.63, 3.8) is 0 Å². The highest BCUT2D eigenvalue weighted by atomic mass is 35.5. The number of benzene rings is 3. The van der Waals surface area contributed by atoms with Gasteiger partial charge in [-0.1, -0.05) is 71.7 Å². The van der Waals surface area contributed by atoms with Crippen molar-refractivity contribution in [2.24, 2.45) is 5.16 Å². The summed E-state index contributed by atoms with van der Waals surface area (Å²) in [5, 5.41) is 19.2. The van der Waals surface area contributed by atoms with Gasteiger partial charge in [0.05, 0.1) is 52.8 Å². The van der Waals surface area contributed by atoms with E-state index < -0.39 is 48.4 Å². The molecule has 0 aliphatic carbocycles. The van der Waals surface area contributed by atoms with Crippen LogP contribution in [0, 0.1) is 0 Å². The highest BCUT2D eigenvalue weighted by Crippen LogP contribution is 2.37. The molecule has 0 aliphatic rings. The summed E-state index contributed by atoms with van der Waals surface area (Å²) in [5.74, 6) is -0.568. The fourth-order valence-corrected chi connectivity index (χ4v) is 5.25. The standard InChI is InChI=1S/C33H36Cl2F6N2O5/c1-3-31(44,24-7-5-4-6-8-24)12-14-42-13-11-27(23-9-10-28(34)29(35)17-23)30(43-47-21-48-45-2)20-46-19-22-15-25(32(36,37)38)18-26(16-22)33(39,40)41/h4-10,15-18,27,42,44H,3,11-14,19-21H2,1-2H3/b43-30+. The van der Waals surface area contributed by atoms with Crippen LogP contribution in [0.1, 0.15) is 59.9 Å². The van der Waals surface area contributed by atoms with Crippen LogP contribution in [0.25, 0.3) is 0 Å². The number of hydrogen-bond donors (Lipinski definition) is 2. The van der Waals surface area contributed by atoms with Gasteiger partial charge < -0.3 is 20.0 Å². The average molecular weight is 726 g/mol. The summed E-state index contributed by atoms with van der Waals surface area (Å²) in [6.45, 7) is 1.37. The van der Waals surface area contributed by atoms with Gasteiger partial charge in [-0.25, -0.2) is 4.89 Å². The zero-order valence-electron chi connectivity index (χ0n) is 26.1. The van der Waals surface area contributed by atoms with E-state index in [9.17, 15) is 31.4 Å². The van der Waals surface area contributed by atoms with Crippen LogP contribution in [0.5, 0.6) is 0 Å². The van der Waals surface area contributed by atoms with Gasteiger partial charge in [-0.3, -0.25) is 0 Å². The first-order chi connectivity index (χ1) is 22.7. The highest BCUT2D eigenvalue weighted by molar-refractivity contribution is 6.42. The molecule has 2 unspecified atom stereocenters. The lowest BCUT2D eigenvalue weighted by molar-refractivity contribution is -0.319. The van der Waals surface area contributed by atoms with Gasteiger partial charge in [0.1, 0.15) is 0 Å². The van der Waals surface area contributed by atoms with E-state index in [1.54, 1.807) is 18.2 Å². The van der Waals surface area contributed by atoms with Crippen molar-refractivity contribution in [3.8, 4) is 0 Å². The van der Waals surface area contributed by atoms with Crippen molar-refractivity contribution >= 4 is 28.9 Å². The summed E-state index contributed by atoms with van der Waals surface area (Å²) in [5.41, 5.74) is -2.62. The number of oxime groups is 1. The zero-order valence-corrected chi connectivity index (χ0v) is 27.6. The van der Waals surface area contributed by atoms with Gasteiger partial charge in [0.2, 0.25) is 6.79 Å². The van der Waals surface area contributed by atoms with Crippen LogP contribution in [0.3, 0.4) is 0 Å². The van der Waals surface area contributed by atoms with Gasteiger partial charge in [0.25, 0.3) is 0 Å². The highest BCUT2D eigenvalue weighted by Gasteiger charge is 2.37. The van der Waals surface area contributed by atoms with Crippen LogP contribution in [-0.4, -0.2) is 44.4 Å². The topological polar surface area (TPSA) is 81.5 Å². The number of alkyl halides is 6. The molecule has 7 nitrogen and oxygen atoms in total. The van der Waals surface area contributed by atoms with Crippen LogP contribution in [-0.2, 0) is 43.9 Å². The first kappa shape index (κ1) is 39.5. The van der Waals surface area contributed by atoms with Gasteiger partial charge in [0.15, 0.2) is 0 Å². The van der Waals surface area contributed by atoms with E-state index in [0.29, 0.717) is 55.1 Å². The Balaban J connectivity index is 1.81. The molecule has 0 aliphatic heterocycles. The minimum atomic E-state index is -5.00. The number of rotatable bonds is 18. The molecule has 0 radical (unpaired) electrons. The van der Waals surface area contributed by atoms with Gasteiger partial charge in [-0.15, -0.1) is 0 Å². The van der Waals surface area contributed by atoms with Crippen molar-refractivity contribution < 1.29 is 50.8 Å². The molecule has 3 aromatic carbocycles. The molecule has 0 heterocycles. The lowest BCUT2D eigenvalue weighted by Crippen LogP contribution is -2.31. The fourth-order valence-electron chi connectivity index (χ4n) is 4.94. The van der Waals surface area contributed by atoms with Crippen molar-refractivity contribution in [2.45, 2.75) is 56.7 Å². The molecule has 0 spiro atoms. The molecule has 0 saturated heterocycles. The van der Waals surface area contributed by atoms with E-state index in [1.165, 1.54) is 7.11 Å². The van der Waals surface area contributed by atoms with Gasteiger partial charge in [0, 0.05) is 5.92 Å². The summed E-state index contributed by atoms with van der Waals surface area (Å²) in [6, 6.07) is 15.5. The minimum Gasteiger partial charge on any atom is -0.385 e. The van der Waals surface area contributed by atoms with Crippen molar-refractivity contribution in [2.75, 3.05) is 33.6 Å². The van der Waals surface area contributed by atoms with Crippen LogP contribution in [0.2, 0.25) is 10.0 Å². The molecule has 0 bridgehead atoms. The predicted molar refractivity (Wildman–Crippen MR) is 170 cm³/mol. The zero-order chi connectivity index (χ0) is 35.4. The van der Waals surface area contributed by atoms with Crippen molar-refractivity contribution in [1.82, 2.24) is 5.32 Å². The number of ether oxygens (including phenoxy) is 1. The Morgan fingerprint density at radius 1 is 0.875 bits per heavy atom. The third-order valence-corrected chi connectivity index (χ3v) is 8.28. The van der Waals surface area contributed by atoms with Gasteiger partial charge in [-0.05, 0) is 79.4 Å². The SMILES string of the molecule is CCC(O)(CCNCCC(/C(COCc1cc(C(F)(F)F)cc(C(F)(F)F)c1)=N/OCOOC)c1ccc(Cl)c(Cl)c1)c1ccccc1. The molecular formula is C33H36Cl2F6N2O5. The summed E-state index contributed by atoms with van der Waals surface area (Å²) in [4.78, 5) is 14.4. The number of hydrogen-bond acceptors (Lipinski definition) is 7. The number of nitrogens with zero attached hydrogens (tertiary/aromatic N) is 1. The maximum Gasteiger partial charge on any atom is 0.416 e. The molecule has 3 aromatic rings. The first-order valence-corrected chi connectivity index (χ1v) is 15.6. The van der Waals surface area contributed by atoms with E-state index in [1.807, 2.05) is 37.3 Å². The second-order valence-electron chi connectivity index (χ2n) is 10.8. The Kier molecular flexibility index (Phi) is 15.0. The van der Waals surface area contributed by atoms with Crippen LogP contribution in [0.15, 0.2) is 71.9 Å². The lowest BCUT2D eigenvalue weighted by atomic mass is 9.88. The Morgan fingerprint density at radius 3 is 2.12 bits per heavy atom. The third-order valence-electron chi connectivity index (χ3n) is 7.54. The quantitative estimate of drug-likeness (QED) is 0.0341. The number of halogens is 8. The van der Waals surface area contributed by atoms with E-state index in [-0.39, 0.29) is 29.0 Å². The average Bonchev–Trinajstić information content (AvgIpc) is 3.05. The Morgan fingerprint density at radius 2 is 1.54 bits per heavy atom. The molecular weight excluding hydrogens is 689 g/mol. The second kappa shape index (κ2) is 18.2. The van der Waals surface area contributed by atoms with E-state index in [2.05, 4.69) is 15.4 Å². The summed E-state index contributed by atoms with van der Waals surface area (Å²) in [6.07, 6.45) is -8.72. The maximum atomic E-state index is 13.4. The van der Waals surface area contributed by atoms with E-state index in [0.717, 1.165) is 5.56 Å². The Hall–Kier alpha value is -2.91. The number of nitrogens with one attached hydrogen (secondary N) is 1. The Labute approximate surface area is 284 Å². The molecule has 0 fully saturated rings. The Bertz CT molecular complexity index is 1440. The fraction of sp³-hybridized carbons (Fsp3) is 0.424. The maximum absolute atomic E-state index is 13.4. The largest absolute Gasteiger partial charge is 0.416 e. The molecule has 2 atom stereocenters. The normalized spacial score (nSPS) is 14.5. The second-order valence-corrected chi connectivity index (χ2v) is 11.6. The summed E-state index contributed by atoms with van der Waals surface area (Å²) < 4.78 is 85.9. The van der Waals surface area contributed by atoms with Crippen molar-refractivity contribution in [3.05, 3.63) is 105 Å². The van der Waals surface area contributed by atoms with Crippen LogP contribution in [0.4, 0.5) is 26.3 Å². The predicted octanol–water partition coefficient (Wildman–Crippen LogP) is 8.91. The minimum absolute atomic E-state index is 0.0501. The van der Waals surface area contributed by atoms with Gasteiger partial charge >= 0.3 is 12.4 Å². The van der Waals surface area contributed by atoms with E-state index in [4.69, 9.17) is 37.7 Å². The smallest absolute Gasteiger partial charge is 0.385 e. The van der Waals surface area contributed by atoms with Crippen molar-refractivity contribution in [1.29, 1.82) is 0 Å². The van der Waals surface area contributed by atoms with Gasteiger partial charge in [-0.2, -0.15) is 31.2 Å². The molecule has 15 heteroatoms. The monoisotopic (exact) mass is 724 g/mol. The first-order valence-electron chi connectivity index (χ1n) is 14.8. The van der Waals surface area contributed by atoms with E-state index >= 15 is 0 Å². The molecule has 3 rings (SSSR count). The molecule has 264 valence electrons. The molecule has 0 saturated carbocycles. The third kappa shape index (κ3) is 11.9. The molecule has 2 N–H and O–H groups in total. The molecule has 48 heavy (non-hydrogen) atoms. The molecule has 0 aromatic heterocycles. The summed E-state index contributed by atoms with van der Waals surface area (Å²) >= 11 is 12.4. The van der Waals surface area contributed by atoms with Crippen LogP contribution >= 0.6 is 23.2 Å². The number of aliphatic hydroxyl groups is 1. The molecule has 0 amide bonds. The van der Waals surface area contributed by atoms with Crippen LogP contribution < -0.4 is 5.32 Å².